The van der Waals surface area contributed by atoms with Gasteiger partial charge < -0.3 is 63.1 Å². The first kappa shape index (κ1) is 37.3. The molecule has 4 N–H and O–H groups in total. The van der Waals surface area contributed by atoms with Gasteiger partial charge in [-0.15, -0.1) is 0 Å². The molecule has 17 nitrogen and oxygen atoms in total. The second kappa shape index (κ2) is 15.8. The monoisotopic (exact) mass is 714 g/mol. The number of phenolic OH excluding ortho intramolecular Hbond substituents is 3. The molecule has 272 valence electrons. The Hall–Kier alpha value is -6.52. The summed E-state index contributed by atoms with van der Waals surface area (Å²) in [6.07, 6.45) is -4.51. The van der Waals surface area contributed by atoms with E-state index in [1.165, 1.54) is 42.7 Å². The van der Waals surface area contributed by atoms with Gasteiger partial charge in [0.05, 0.1) is 59.3 Å². The highest BCUT2D eigenvalue weighted by atomic mass is 16.6. The van der Waals surface area contributed by atoms with Crippen LogP contribution in [0.15, 0.2) is 48.0 Å². The average Bonchev–Trinajstić information content (AvgIpc) is 3.12. The number of aliphatic carboxylic acids is 1. The van der Waals surface area contributed by atoms with E-state index in [-0.39, 0.29) is 56.8 Å². The molecule has 0 saturated heterocycles. The van der Waals surface area contributed by atoms with Crippen molar-refractivity contribution >= 4 is 23.9 Å². The van der Waals surface area contributed by atoms with E-state index in [1.807, 2.05) is 0 Å². The van der Waals surface area contributed by atoms with Crippen LogP contribution in [0.2, 0.25) is 0 Å². The minimum absolute atomic E-state index is 0.152. The quantitative estimate of drug-likeness (QED) is 0.147. The van der Waals surface area contributed by atoms with E-state index < -0.39 is 65.9 Å². The Balaban J connectivity index is 1.80. The fraction of sp³-hybridized carbons (Fsp3) is 0.294. The van der Waals surface area contributed by atoms with Crippen molar-refractivity contribution in [3.63, 3.8) is 0 Å². The second-order valence-corrected chi connectivity index (χ2v) is 10.6. The highest BCUT2D eigenvalue weighted by molar-refractivity contribution is 5.94. The lowest BCUT2D eigenvalue weighted by atomic mass is 9.91. The van der Waals surface area contributed by atoms with Crippen molar-refractivity contribution in [2.45, 2.75) is 24.7 Å². The number of hydrogen-bond acceptors (Lipinski definition) is 16. The summed E-state index contributed by atoms with van der Waals surface area (Å²) in [5, 5.41) is 40.9. The van der Waals surface area contributed by atoms with Crippen LogP contribution in [0.5, 0.6) is 51.7 Å². The molecule has 0 spiro atoms. The number of phenols is 3. The number of carboxylic acid groups (broad SMARTS) is 1. The molecular weight excluding hydrogens is 680 g/mol. The maximum Gasteiger partial charge on any atom is 0.339 e. The molecule has 0 aromatic heterocycles. The molecule has 0 saturated carbocycles. The summed E-state index contributed by atoms with van der Waals surface area (Å²) >= 11 is 0. The van der Waals surface area contributed by atoms with Gasteiger partial charge in [0.1, 0.15) is 6.10 Å². The Morgan fingerprint density at radius 3 is 1.16 bits per heavy atom. The normalized spacial score (nSPS) is 16.5. The van der Waals surface area contributed by atoms with Crippen molar-refractivity contribution in [1.82, 2.24) is 0 Å². The van der Waals surface area contributed by atoms with Crippen LogP contribution in [-0.4, -0.2) is 105 Å². The van der Waals surface area contributed by atoms with E-state index >= 15 is 0 Å². The van der Waals surface area contributed by atoms with Gasteiger partial charge in [-0.3, -0.25) is 0 Å². The molecule has 3 aromatic carbocycles. The number of aromatic hydroxyl groups is 3. The van der Waals surface area contributed by atoms with Gasteiger partial charge in [-0.05, 0) is 42.5 Å². The molecule has 0 fully saturated rings. The number of hydrogen-bond donors (Lipinski definition) is 4. The van der Waals surface area contributed by atoms with Crippen molar-refractivity contribution in [1.29, 1.82) is 0 Å². The van der Waals surface area contributed by atoms with Crippen LogP contribution < -0.4 is 28.4 Å². The van der Waals surface area contributed by atoms with Crippen LogP contribution in [0.1, 0.15) is 37.5 Å². The molecule has 0 unspecified atom stereocenters. The first-order valence-corrected chi connectivity index (χ1v) is 14.7. The number of rotatable bonds is 13. The van der Waals surface area contributed by atoms with Gasteiger partial charge in [-0.2, -0.15) is 0 Å². The van der Waals surface area contributed by atoms with Gasteiger partial charge in [0, 0.05) is 12.0 Å². The highest BCUT2D eigenvalue weighted by Gasteiger charge is 2.43. The van der Waals surface area contributed by atoms with E-state index in [4.69, 9.17) is 42.6 Å². The van der Waals surface area contributed by atoms with Gasteiger partial charge in [-0.25, -0.2) is 19.2 Å². The van der Waals surface area contributed by atoms with Gasteiger partial charge >= 0.3 is 23.9 Å². The van der Waals surface area contributed by atoms with Crippen LogP contribution >= 0.6 is 0 Å². The molecule has 0 amide bonds. The molecule has 3 aromatic rings. The second-order valence-electron chi connectivity index (χ2n) is 10.6. The van der Waals surface area contributed by atoms with Crippen molar-refractivity contribution in [3.05, 3.63) is 64.7 Å². The van der Waals surface area contributed by atoms with Crippen LogP contribution in [-0.2, 0) is 19.0 Å². The van der Waals surface area contributed by atoms with Gasteiger partial charge in [0.15, 0.2) is 46.7 Å². The smallest absolute Gasteiger partial charge is 0.339 e. The lowest BCUT2D eigenvalue weighted by Gasteiger charge is -2.35. The number of ether oxygens (including phenoxy) is 9. The summed E-state index contributed by atoms with van der Waals surface area (Å²) in [5.74, 6) is -6.93. The third-order valence-electron chi connectivity index (χ3n) is 7.64. The Bertz CT molecular complexity index is 1790. The minimum atomic E-state index is -1.70. The number of carboxylic acids is 1. The lowest BCUT2D eigenvalue weighted by Crippen LogP contribution is -2.48. The fourth-order valence-electron chi connectivity index (χ4n) is 5.04. The summed E-state index contributed by atoms with van der Waals surface area (Å²) in [7, 11) is 7.38. The largest absolute Gasteiger partial charge is 0.502 e. The van der Waals surface area contributed by atoms with Crippen molar-refractivity contribution in [3.8, 4) is 51.7 Å². The predicted molar refractivity (Wildman–Crippen MR) is 172 cm³/mol. The first-order chi connectivity index (χ1) is 24.3. The number of esters is 3. The van der Waals surface area contributed by atoms with Gasteiger partial charge in [0.2, 0.25) is 17.2 Å². The summed E-state index contributed by atoms with van der Waals surface area (Å²) in [5.41, 5.74) is -1.01. The lowest BCUT2D eigenvalue weighted by molar-refractivity contribution is -0.134. The zero-order chi connectivity index (χ0) is 37.6. The third-order valence-corrected chi connectivity index (χ3v) is 7.64. The van der Waals surface area contributed by atoms with Crippen LogP contribution in [0.25, 0.3) is 0 Å². The number of carbonyl (C=O) groups is 4. The Labute approximate surface area is 290 Å². The molecule has 0 bridgehead atoms. The van der Waals surface area contributed by atoms with E-state index in [1.54, 1.807) is 0 Å². The summed E-state index contributed by atoms with van der Waals surface area (Å²) < 4.78 is 47.8. The molecule has 17 heteroatoms. The Kier molecular flexibility index (Phi) is 11.6. The Morgan fingerprint density at radius 2 is 0.843 bits per heavy atom. The predicted octanol–water partition coefficient (Wildman–Crippen LogP) is 3.25. The highest BCUT2D eigenvalue weighted by Crippen LogP contribution is 2.40. The molecular formula is C34H34O17. The van der Waals surface area contributed by atoms with E-state index in [2.05, 4.69) is 0 Å². The standard InChI is InChI=1S/C34H34O17/c1-43-19-9-16(10-20(44-2)27(19)35)32(40)49-25-7-15(31(38)39)8-26(50-33(41)17-11-21(45-3)28(36)22(12-17)46-4)30(25)51-34(42)18-13-23(47-5)29(37)24(14-18)48-6/h7,9-14,25-26,30,35-37H,8H2,1-6H3,(H,38,39)/t25-,26-,30-/m1/s1. The van der Waals surface area contributed by atoms with Crippen LogP contribution in [0.3, 0.4) is 0 Å². The van der Waals surface area contributed by atoms with E-state index in [0.717, 1.165) is 42.5 Å². The van der Waals surface area contributed by atoms with Gasteiger partial charge in [0.25, 0.3) is 0 Å². The van der Waals surface area contributed by atoms with E-state index in [9.17, 15) is 39.6 Å². The number of benzene rings is 3. The van der Waals surface area contributed by atoms with E-state index in [0.29, 0.717) is 0 Å². The molecule has 1 aliphatic carbocycles. The molecule has 0 aliphatic heterocycles. The minimum Gasteiger partial charge on any atom is -0.502 e. The van der Waals surface area contributed by atoms with Crippen LogP contribution in [0.4, 0.5) is 0 Å². The third kappa shape index (κ3) is 7.87. The molecule has 0 heterocycles. The maximum atomic E-state index is 13.6. The first-order valence-electron chi connectivity index (χ1n) is 14.7. The number of carbonyl (C=O) groups excluding carboxylic acids is 3. The number of methoxy groups -OCH3 is 6. The zero-order valence-electron chi connectivity index (χ0n) is 28.1. The fourth-order valence-corrected chi connectivity index (χ4v) is 5.04. The summed E-state index contributed by atoms with van der Waals surface area (Å²) in [6, 6.07) is 6.79. The van der Waals surface area contributed by atoms with Crippen molar-refractivity contribution < 1.29 is 82.2 Å². The Morgan fingerprint density at radius 1 is 0.529 bits per heavy atom. The summed E-state index contributed by atoms with van der Waals surface area (Å²) in [4.78, 5) is 52.9. The van der Waals surface area contributed by atoms with Crippen molar-refractivity contribution in [2.24, 2.45) is 0 Å². The molecule has 51 heavy (non-hydrogen) atoms. The van der Waals surface area contributed by atoms with Gasteiger partial charge in [-0.1, -0.05) is 0 Å². The molecule has 4 rings (SSSR count). The van der Waals surface area contributed by atoms with Crippen molar-refractivity contribution in [2.75, 3.05) is 42.7 Å². The molecule has 1 aliphatic rings. The zero-order valence-corrected chi connectivity index (χ0v) is 28.1. The summed E-state index contributed by atoms with van der Waals surface area (Å²) in [6.45, 7) is 0. The molecule has 3 atom stereocenters. The maximum absolute atomic E-state index is 13.6. The topological polar surface area (TPSA) is 232 Å². The molecule has 0 radical (unpaired) electrons. The SMILES string of the molecule is COc1cc(C(=O)O[C@@H]2[C@H](OC(=O)c3cc(OC)c(O)c(OC)c3)C=C(C(=O)O)C[C@H]2OC(=O)c2cc(OC)c(O)c(OC)c2)cc(OC)c1O. The van der Waals surface area contributed by atoms with Crippen LogP contribution in [0, 0.1) is 0 Å². The average molecular weight is 715 g/mol.